The topological polar surface area (TPSA) is 71.1 Å². The van der Waals surface area contributed by atoms with Crippen LogP contribution in [0.25, 0.3) is 0 Å². The summed E-state index contributed by atoms with van der Waals surface area (Å²) in [4.78, 5) is 27.2. The van der Waals surface area contributed by atoms with Crippen LogP contribution in [0.15, 0.2) is 146 Å². The number of hydrogen-bond donors (Lipinski definition) is 0. The van der Waals surface area contributed by atoms with Crippen molar-refractivity contribution in [1.29, 1.82) is 0 Å². The average molecular weight is 603 g/mol. The molecule has 0 aromatic heterocycles. The summed E-state index contributed by atoms with van der Waals surface area (Å²) in [6.45, 7) is 7.13. The molecule has 4 aromatic carbocycles. The highest BCUT2D eigenvalue weighted by Gasteiger charge is 2.65. The Morgan fingerprint density at radius 3 is 1.07 bits per heavy atom. The van der Waals surface area contributed by atoms with Crippen LogP contribution in [0.4, 0.5) is 0 Å². The van der Waals surface area contributed by atoms with Crippen molar-refractivity contribution in [3.05, 3.63) is 168 Å². The van der Waals surface area contributed by atoms with E-state index in [2.05, 4.69) is 0 Å². The van der Waals surface area contributed by atoms with Crippen LogP contribution in [0.2, 0.25) is 0 Å². The largest absolute Gasteiger partial charge is 0.443 e. The van der Waals surface area contributed by atoms with Gasteiger partial charge in [0, 0.05) is 34.4 Å². The molecule has 0 spiro atoms. The van der Waals surface area contributed by atoms with Gasteiger partial charge < -0.3 is 18.9 Å². The summed E-state index contributed by atoms with van der Waals surface area (Å²) in [6, 6.07) is 37.9. The summed E-state index contributed by atoms with van der Waals surface area (Å²) in [7, 11) is 0. The van der Waals surface area contributed by atoms with Crippen LogP contribution in [0.3, 0.4) is 0 Å². The molecule has 1 aliphatic rings. The van der Waals surface area contributed by atoms with Gasteiger partial charge in [-0.3, -0.25) is 0 Å². The lowest BCUT2D eigenvalue weighted by atomic mass is 9.71. The van der Waals surface area contributed by atoms with Gasteiger partial charge in [0.25, 0.3) is 0 Å². The minimum atomic E-state index is -1.54. The lowest BCUT2D eigenvalue weighted by Gasteiger charge is -2.45. The average Bonchev–Trinajstić information content (AvgIpc) is 3.40. The molecule has 0 amide bonds. The summed E-state index contributed by atoms with van der Waals surface area (Å²) < 4.78 is 26.9. The molecule has 0 saturated carbocycles. The Hall–Kier alpha value is -4.78. The maximum atomic E-state index is 13.6. The normalized spacial score (nSPS) is 18.2. The zero-order valence-corrected chi connectivity index (χ0v) is 26.0. The van der Waals surface area contributed by atoms with Crippen LogP contribution >= 0.6 is 0 Å². The smallest absolute Gasteiger partial charge is 0.331 e. The molecule has 1 saturated heterocycles. The first-order valence-corrected chi connectivity index (χ1v) is 15.1. The molecule has 0 aliphatic carbocycles. The highest BCUT2D eigenvalue weighted by Crippen LogP contribution is 2.53. The molecule has 6 heteroatoms. The standard InChI is InChI=1S/C39H38O6/c1-5-19-33(40)42-38(29-21-11-7-12-22-29,30-23-13-8-14-24-30)35-36(45-37(3,4)44-35)39(43-34(41)20-6-2,31-25-15-9-16-26-31)32-27-17-10-18-28-32/h5-28,35-36H,1-4H3/b19-5+,20-6+/t35-,36?/m1/s1. The highest BCUT2D eigenvalue weighted by atomic mass is 16.8. The Balaban J connectivity index is 1.89. The molecular formula is C39H38O6. The van der Waals surface area contributed by atoms with Gasteiger partial charge in [-0.25, -0.2) is 9.59 Å². The molecule has 1 aliphatic heterocycles. The third-order valence-corrected chi connectivity index (χ3v) is 7.84. The van der Waals surface area contributed by atoms with Gasteiger partial charge in [0.05, 0.1) is 0 Å². The van der Waals surface area contributed by atoms with Crippen molar-refractivity contribution < 1.29 is 28.5 Å². The summed E-state index contributed by atoms with van der Waals surface area (Å²) >= 11 is 0. The SMILES string of the molecule is C/C=C/C(=O)OC(c1ccccc1)(c1ccccc1)C1OC(C)(C)O[C@H]1C(OC(=O)/C=C/C)(c1ccccc1)c1ccccc1. The van der Waals surface area contributed by atoms with E-state index in [1.54, 1.807) is 26.0 Å². The van der Waals surface area contributed by atoms with Crippen molar-refractivity contribution in [3.8, 4) is 0 Å². The first-order chi connectivity index (χ1) is 21.8. The molecule has 0 bridgehead atoms. The number of esters is 2. The van der Waals surface area contributed by atoms with Crippen molar-refractivity contribution in [1.82, 2.24) is 0 Å². The minimum absolute atomic E-state index is 0.562. The minimum Gasteiger partial charge on any atom is -0.443 e. The molecule has 0 N–H and O–H groups in total. The van der Waals surface area contributed by atoms with E-state index in [1.165, 1.54) is 12.2 Å². The van der Waals surface area contributed by atoms with Gasteiger partial charge in [0.2, 0.25) is 0 Å². The van der Waals surface area contributed by atoms with E-state index in [1.807, 2.05) is 135 Å². The number of allylic oxidation sites excluding steroid dienone is 2. The predicted octanol–water partition coefficient (Wildman–Crippen LogP) is 7.63. The van der Waals surface area contributed by atoms with Crippen molar-refractivity contribution >= 4 is 11.9 Å². The van der Waals surface area contributed by atoms with Crippen LogP contribution in [-0.2, 0) is 39.7 Å². The van der Waals surface area contributed by atoms with Crippen molar-refractivity contribution in [2.45, 2.75) is 56.9 Å². The van der Waals surface area contributed by atoms with Gasteiger partial charge >= 0.3 is 11.9 Å². The number of carbonyl (C=O) groups excluding carboxylic acids is 2. The number of benzene rings is 4. The molecule has 230 valence electrons. The molecule has 1 fully saturated rings. The Morgan fingerprint density at radius 2 is 0.822 bits per heavy atom. The van der Waals surface area contributed by atoms with E-state index < -0.39 is 41.1 Å². The number of ether oxygens (including phenoxy) is 4. The van der Waals surface area contributed by atoms with Crippen molar-refractivity contribution in [3.63, 3.8) is 0 Å². The monoisotopic (exact) mass is 602 g/mol. The lowest BCUT2D eigenvalue weighted by Crippen LogP contribution is -2.57. The lowest BCUT2D eigenvalue weighted by molar-refractivity contribution is -0.185. The van der Waals surface area contributed by atoms with Gasteiger partial charge in [-0.05, 0) is 27.7 Å². The van der Waals surface area contributed by atoms with Crippen molar-refractivity contribution in [2.24, 2.45) is 0 Å². The second kappa shape index (κ2) is 13.5. The highest BCUT2D eigenvalue weighted by molar-refractivity contribution is 5.83. The maximum absolute atomic E-state index is 13.6. The van der Waals surface area contributed by atoms with Crippen LogP contribution in [-0.4, -0.2) is 29.9 Å². The summed E-state index contributed by atoms with van der Waals surface area (Å²) in [5, 5.41) is 0. The van der Waals surface area contributed by atoms with Crippen LogP contribution in [0.5, 0.6) is 0 Å². The van der Waals surface area contributed by atoms with Crippen molar-refractivity contribution in [2.75, 3.05) is 0 Å². The molecule has 45 heavy (non-hydrogen) atoms. The van der Waals surface area contributed by atoms with E-state index in [9.17, 15) is 9.59 Å². The summed E-state index contributed by atoms with van der Waals surface area (Å²) in [5.74, 6) is -2.31. The van der Waals surface area contributed by atoms with E-state index in [4.69, 9.17) is 18.9 Å². The Morgan fingerprint density at radius 1 is 0.556 bits per heavy atom. The molecule has 1 unspecified atom stereocenters. The van der Waals surface area contributed by atoms with Gasteiger partial charge in [0.1, 0.15) is 12.2 Å². The molecule has 2 atom stereocenters. The zero-order valence-electron chi connectivity index (χ0n) is 26.0. The summed E-state index contributed by atoms with van der Waals surface area (Å²) in [5.41, 5.74) is -0.417. The molecular weight excluding hydrogens is 564 g/mol. The molecule has 6 nitrogen and oxygen atoms in total. The molecule has 5 rings (SSSR count). The van der Waals surface area contributed by atoms with Crippen LogP contribution < -0.4 is 0 Å². The second-order valence-electron chi connectivity index (χ2n) is 11.3. The van der Waals surface area contributed by atoms with E-state index in [0.29, 0.717) is 22.3 Å². The first-order valence-electron chi connectivity index (χ1n) is 15.1. The quantitative estimate of drug-likeness (QED) is 0.137. The fraction of sp³-hybridized carbons (Fsp3) is 0.231. The van der Waals surface area contributed by atoms with Gasteiger partial charge in [0.15, 0.2) is 17.0 Å². The first kappa shape index (κ1) is 31.6. The fourth-order valence-electron chi connectivity index (χ4n) is 6.10. The van der Waals surface area contributed by atoms with Gasteiger partial charge in [-0.2, -0.15) is 0 Å². The van der Waals surface area contributed by atoms with Gasteiger partial charge in [-0.1, -0.05) is 133 Å². The zero-order chi connectivity index (χ0) is 31.9. The van der Waals surface area contributed by atoms with E-state index in [-0.39, 0.29) is 0 Å². The predicted molar refractivity (Wildman–Crippen MR) is 173 cm³/mol. The van der Waals surface area contributed by atoms with Gasteiger partial charge in [-0.15, -0.1) is 0 Å². The Kier molecular flexibility index (Phi) is 9.47. The van der Waals surface area contributed by atoms with E-state index >= 15 is 0 Å². The van der Waals surface area contributed by atoms with Crippen LogP contribution in [0, 0.1) is 0 Å². The maximum Gasteiger partial charge on any atom is 0.331 e. The number of rotatable bonds is 10. The third-order valence-electron chi connectivity index (χ3n) is 7.84. The number of hydrogen-bond acceptors (Lipinski definition) is 6. The van der Waals surface area contributed by atoms with E-state index in [0.717, 1.165) is 0 Å². The Bertz CT molecular complexity index is 1430. The molecule has 0 radical (unpaired) electrons. The second-order valence-corrected chi connectivity index (χ2v) is 11.3. The number of carbonyl (C=O) groups is 2. The van der Waals surface area contributed by atoms with Crippen LogP contribution in [0.1, 0.15) is 49.9 Å². The fourth-order valence-corrected chi connectivity index (χ4v) is 6.10. The third kappa shape index (κ3) is 6.25. The Labute approximate surface area is 264 Å². The summed E-state index contributed by atoms with van der Waals surface area (Å²) in [6.07, 6.45) is 3.98. The molecule has 4 aromatic rings. The molecule has 1 heterocycles.